The van der Waals surface area contributed by atoms with Crippen LogP contribution >= 0.6 is 11.6 Å². The molecule has 2 unspecified atom stereocenters. The van der Waals surface area contributed by atoms with E-state index in [1.807, 2.05) is 6.92 Å². The zero-order valence-electron chi connectivity index (χ0n) is 9.92. The second-order valence-electron chi connectivity index (χ2n) is 3.64. The van der Waals surface area contributed by atoms with Crippen LogP contribution in [0.3, 0.4) is 0 Å². The van der Waals surface area contributed by atoms with Crippen molar-refractivity contribution in [3.8, 4) is 0 Å². The van der Waals surface area contributed by atoms with E-state index in [1.54, 1.807) is 6.26 Å². The first kappa shape index (κ1) is 14.8. The fraction of sp³-hybridized carbons (Fsp3) is 0.556. The summed E-state index contributed by atoms with van der Waals surface area (Å²) in [5.41, 5.74) is -0.343. The fourth-order valence-corrected chi connectivity index (χ4v) is 1.86. The number of nitrogens with one attached hydrogen (secondary N) is 1. The molecule has 1 aromatic rings. The molecule has 100 valence electrons. The number of rotatable bonds is 6. The molecule has 0 saturated heterocycles. The summed E-state index contributed by atoms with van der Waals surface area (Å²) < 4.78 is 11.1. The Morgan fingerprint density at radius 1 is 1.61 bits per heavy atom. The van der Waals surface area contributed by atoms with Crippen LogP contribution in [0.4, 0.5) is 11.5 Å². The van der Waals surface area contributed by atoms with Gasteiger partial charge in [-0.15, -0.1) is 0 Å². The van der Waals surface area contributed by atoms with Gasteiger partial charge in [-0.1, -0.05) is 18.5 Å². The SMILES string of the molecule is CC(CCNc1ncnc(Cl)c1[N+](=O)[O-])S(C)=O. The van der Waals surface area contributed by atoms with Crippen molar-refractivity contribution in [3.05, 3.63) is 21.6 Å². The lowest BCUT2D eigenvalue weighted by molar-refractivity contribution is -0.384. The van der Waals surface area contributed by atoms with Crippen LogP contribution in [0.2, 0.25) is 5.15 Å². The van der Waals surface area contributed by atoms with Gasteiger partial charge < -0.3 is 5.32 Å². The molecule has 0 amide bonds. The molecule has 18 heavy (non-hydrogen) atoms. The van der Waals surface area contributed by atoms with Gasteiger partial charge in [0.05, 0.1) is 4.92 Å². The van der Waals surface area contributed by atoms with Gasteiger partial charge in [-0.2, -0.15) is 0 Å². The number of nitrogens with zero attached hydrogens (tertiary/aromatic N) is 3. The Balaban J connectivity index is 2.71. The van der Waals surface area contributed by atoms with E-state index in [4.69, 9.17) is 11.6 Å². The van der Waals surface area contributed by atoms with Gasteiger partial charge in [0.25, 0.3) is 0 Å². The Morgan fingerprint density at radius 3 is 2.83 bits per heavy atom. The molecule has 0 aliphatic rings. The van der Waals surface area contributed by atoms with Crippen LogP contribution in [0.5, 0.6) is 0 Å². The Hall–Kier alpha value is -1.28. The lowest BCUT2D eigenvalue weighted by Crippen LogP contribution is -2.16. The molecule has 0 radical (unpaired) electrons. The summed E-state index contributed by atoms with van der Waals surface area (Å²) in [6, 6.07) is 0. The Morgan fingerprint density at radius 2 is 2.28 bits per heavy atom. The molecule has 9 heteroatoms. The Kier molecular flexibility index (Phi) is 5.42. The van der Waals surface area contributed by atoms with Crippen molar-refractivity contribution < 1.29 is 9.13 Å². The average molecular weight is 293 g/mol. The van der Waals surface area contributed by atoms with Crippen molar-refractivity contribution in [2.45, 2.75) is 18.6 Å². The van der Waals surface area contributed by atoms with Crippen molar-refractivity contribution in [1.29, 1.82) is 0 Å². The average Bonchev–Trinajstić information content (AvgIpc) is 2.28. The minimum atomic E-state index is -0.919. The summed E-state index contributed by atoms with van der Waals surface area (Å²) in [4.78, 5) is 17.5. The number of hydrogen-bond donors (Lipinski definition) is 1. The number of hydrogen-bond acceptors (Lipinski definition) is 6. The van der Waals surface area contributed by atoms with E-state index in [0.717, 1.165) is 6.33 Å². The molecule has 0 bridgehead atoms. The highest BCUT2D eigenvalue weighted by atomic mass is 35.5. The third-order valence-electron chi connectivity index (χ3n) is 2.37. The van der Waals surface area contributed by atoms with Gasteiger partial charge in [0.15, 0.2) is 0 Å². The quantitative estimate of drug-likeness (QED) is 0.486. The smallest absolute Gasteiger partial charge is 0.348 e. The Labute approximate surface area is 112 Å². The highest BCUT2D eigenvalue weighted by Gasteiger charge is 2.21. The summed E-state index contributed by atoms with van der Waals surface area (Å²) >= 11 is 5.63. The van der Waals surface area contributed by atoms with Gasteiger partial charge in [-0.25, -0.2) is 9.97 Å². The second-order valence-corrected chi connectivity index (χ2v) is 5.80. The molecule has 1 heterocycles. The summed E-state index contributed by atoms with van der Waals surface area (Å²) in [5.74, 6) is 0.0779. The highest BCUT2D eigenvalue weighted by Crippen LogP contribution is 2.28. The van der Waals surface area contributed by atoms with E-state index < -0.39 is 15.7 Å². The summed E-state index contributed by atoms with van der Waals surface area (Å²) in [6.07, 6.45) is 3.38. The van der Waals surface area contributed by atoms with Crippen molar-refractivity contribution in [2.75, 3.05) is 18.1 Å². The summed E-state index contributed by atoms with van der Waals surface area (Å²) in [7, 11) is -0.919. The van der Waals surface area contributed by atoms with Crippen molar-refractivity contribution in [2.24, 2.45) is 0 Å². The number of halogens is 1. The monoisotopic (exact) mass is 292 g/mol. The Bertz CT molecular complexity index is 471. The molecule has 1 rings (SSSR count). The largest absolute Gasteiger partial charge is 0.364 e. The first-order valence-corrected chi connectivity index (χ1v) is 7.14. The molecule has 0 aromatic carbocycles. The predicted octanol–water partition coefficient (Wildman–Crippen LogP) is 1.61. The molecule has 7 nitrogen and oxygen atoms in total. The maximum absolute atomic E-state index is 11.1. The van der Waals surface area contributed by atoms with E-state index in [-0.39, 0.29) is 21.9 Å². The third-order valence-corrected chi connectivity index (χ3v) is 4.02. The van der Waals surface area contributed by atoms with Crippen LogP contribution in [0.25, 0.3) is 0 Å². The molecule has 0 aliphatic carbocycles. The minimum absolute atomic E-state index is 0.00821. The van der Waals surface area contributed by atoms with Crippen molar-refractivity contribution in [3.63, 3.8) is 0 Å². The zero-order chi connectivity index (χ0) is 13.7. The van der Waals surface area contributed by atoms with Gasteiger partial charge >= 0.3 is 5.69 Å². The topological polar surface area (TPSA) is 98.0 Å². The van der Waals surface area contributed by atoms with Crippen LogP contribution in [0.1, 0.15) is 13.3 Å². The van der Waals surface area contributed by atoms with Gasteiger partial charge in [-0.3, -0.25) is 14.3 Å². The van der Waals surface area contributed by atoms with Gasteiger partial charge in [0.1, 0.15) is 6.33 Å². The van der Waals surface area contributed by atoms with Crippen LogP contribution in [0.15, 0.2) is 6.33 Å². The molecular weight excluding hydrogens is 280 g/mol. The predicted molar refractivity (Wildman–Crippen MR) is 70.3 cm³/mol. The number of nitro groups is 1. The third kappa shape index (κ3) is 3.88. The maximum Gasteiger partial charge on any atom is 0.348 e. The van der Waals surface area contributed by atoms with Crippen LogP contribution in [-0.4, -0.2) is 37.2 Å². The number of anilines is 1. The molecule has 1 aromatic heterocycles. The lowest BCUT2D eigenvalue weighted by atomic mass is 10.3. The first-order valence-electron chi connectivity index (χ1n) is 5.14. The normalized spacial score (nSPS) is 13.9. The van der Waals surface area contributed by atoms with Crippen molar-refractivity contribution >= 4 is 33.9 Å². The summed E-state index contributed by atoms with van der Waals surface area (Å²) in [6.45, 7) is 2.27. The first-order chi connectivity index (χ1) is 8.43. The second kappa shape index (κ2) is 6.60. The van der Waals surface area contributed by atoms with E-state index >= 15 is 0 Å². The molecule has 0 fully saturated rings. The number of aromatic nitrogens is 2. The van der Waals surface area contributed by atoms with E-state index in [0.29, 0.717) is 13.0 Å². The fourth-order valence-electron chi connectivity index (χ4n) is 1.21. The molecule has 0 saturated carbocycles. The van der Waals surface area contributed by atoms with E-state index in [2.05, 4.69) is 15.3 Å². The van der Waals surface area contributed by atoms with Crippen molar-refractivity contribution in [1.82, 2.24) is 9.97 Å². The van der Waals surface area contributed by atoms with Crippen LogP contribution < -0.4 is 5.32 Å². The van der Waals surface area contributed by atoms with Gasteiger partial charge in [0, 0.05) is 28.9 Å². The van der Waals surface area contributed by atoms with E-state index in [9.17, 15) is 14.3 Å². The lowest BCUT2D eigenvalue weighted by Gasteiger charge is -2.09. The van der Waals surface area contributed by atoms with Crippen LogP contribution in [-0.2, 0) is 10.8 Å². The molecular formula is C9H13ClN4O3S. The molecule has 1 N–H and O–H groups in total. The van der Waals surface area contributed by atoms with Gasteiger partial charge in [0.2, 0.25) is 11.0 Å². The summed E-state index contributed by atoms with van der Waals surface area (Å²) in [5, 5.41) is 13.4. The van der Waals surface area contributed by atoms with Gasteiger partial charge in [-0.05, 0) is 6.42 Å². The highest BCUT2D eigenvalue weighted by molar-refractivity contribution is 7.84. The zero-order valence-corrected chi connectivity index (χ0v) is 11.5. The molecule has 0 spiro atoms. The maximum atomic E-state index is 11.1. The standard InChI is InChI=1S/C9H13ClN4O3S/c1-6(18(2)17)3-4-11-9-7(14(15)16)8(10)12-5-13-9/h5-6H,3-4H2,1-2H3,(H,11,12,13). The van der Waals surface area contributed by atoms with E-state index in [1.165, 1.54) is 0 Å². The van der Waals surface area contributed by atoms with Crippen LogP contribution in [0, 0.1) is 10.1 Å². The molecule has 0 aliphatic heterocycles. The minimum Gasteiger partial charge on any atom is -0.364 e. The molecule has 2 atom stereocenters.